The van der Waals surface area contributed by atoms with Crippen LogP contribution in [0.3, 0.4) is 0 Å². The van der Waals surface area contributed by atoms with Gasteiger partial charge in [-0.1, -0.05) is 6.42 Å². The monoisotopic (exact) mass is 267 g/mol. The Morgan fingerprint density at radius 1 is 1.26 bits per heavy atom. The smallest absolute Gasteiger partial charge is 0.242 e. The second-order valence-corrected chi connectivity index (χ2v) is 5.77. The molecular weight excluding hydrogens is 242 g/mol. The van der Waals surface area contributed by atoms with Gasteiger partial charge < -0.3 is 16.0 Å². The molecule has 5 heteroatoms. The third-order valence-electron chi connectivity index (χ3n) is 4.55. The summed E-state index contributed by atoms with van der Waals surface area (Å²) in [6.45, 7) is 1.39. The van der Waals surface area contributed by atoms with E-state index in [4.69, 9.17) is 5.73 Å². The van der Waals surface area contributed by atoms with Gasteiger partial charge in [-0.05, 0) is 44.6 Å². The van der Waals surface area contributed by atoms with Crippen LogP contribution in [0.5, 0.6) is 0 Å². The topological polar surface area (TPSA) is 75.4 Å². The first-order chi connectivity index (χ1) is 9.17. The number of carbonyl (C=O) groups excluding carboxylic acids is 2. The molecule has 2 fully saturated rings. The minimum absolute atomic E-state index is 0.0305. The van der Waals surface area contributed by atoms with Gasteiger partial charge in [-0.2, -0.15) is 0 Å². The fraction of sp³-hybridized carbons (Fsp3) is 0.857. The number of nitrogens with one attached hydrogen (secondary N) is 1. The molecule has 0 bridgehead atoms. The number of carbonyl (C=O) groups is 2. The summed E-state index contributed by atoms with van der Waals surface area (Å²) in [5.74, 6) is 0.692. The van der Waals surface area contributed by atoms with Crippen molar-refractivity contribution in [3.63, 3.8) is 0 Å². The normalized spacial score (nSPS) is 31.3. The van der Waals surface area contributed by atoms with Crippen LogP contribution in [0.2, 0.25) is 0 Å². The quantitative estimate of drug-likeness (QED) is 0.781. The van der Waals surface area contributed by atoms with Crippen LogP contribution in [0.25, 0.3) is 0 Å². The molecule has 5 nitrogen and oxygen atoms in total. The van der Waals surface area contributed by atoms with Gasteiger partial charge in [0.25, 0.3) is 0 Å². The van der Waals surface area contributed by atoms with E-state index in [9.17, 15) is 9.59 Å². The summed E-state index contributed by atoms with van der Waals surface area (Å²) in [5.41, 5.74) is 5.73. The molecule has 1 saturated carbocycles. The summed E-state index contributed by atoms with van der Waals surface area (Å²) in [6.07, 6.45) is 5.78. The van der Waals surface area contributed by atoms with Gasteiger partial charge in [-0.15, -0.1) is 0 Å². The Hall–Kier alpha value is -1.10. The number of hydrogen-bond donors (Lipinski definition) is 2. The molecule has 1 saturated heterocycles. The SMILES string of the molecule is CNC(=O)C1CCCN1C(=O)C1CCCC(CN)C1. The van der Waals surface area contributed by atoms with Crippen LogP contribution in [0, 0.1) is 11.8 Å². The first kappa shape index (κ1) is 14.3. The van der Waals surface area contributed by atoms with E-state index < -0.39 is 0 Å². The highest BCUT2D eigenvalue weighted by Gasteiger charge is 2.37. The fourth-order valence-corrected chi connectivity index (χ4v) is 3.43. The summed E-state index contributed by atoms with van der Waals surface area (Å²) in [4.78, 5) is 26.2. The molecule has 1 aliphatic carbocycles. The average molecular weight is 267 g/mol. The molecule has 3 N–H and O–H groups in total. The molecule has 2 aliphatic rings. The lowest BCUT2D eigenvalue weighted by molar-refractivity contribution is -0.142. The minimum atomic E-state index is -0.254. The number of amides is 2. The zero-order valence-electron chi connectivity index (χ0n) is 11.7. The van der Waals surface area contributed by atoms with Gasteiger partial charge in [0.05, 0.1) is 0 Å². The summed E-state index contributed by atoms with van der Waals surface area (Å²) >= 11 is 0. The van der Waals surface area contributed by atoms with Gasteiger partial charge in [-0.3, -0.25) is 9.59 Å². The van der Waals surface area contributed by atoms with E-state index in [0.717, 1.165) is 45.1 Å². The van der Waals surface area contributed by atoms with Crippen molar-refractivity contribution in [3.8, 4) is 0 Å². The van der Waals surface area contributed by atoms with E-state index in [1.807, 2.05) is 0 Å². The number of likely N-dealkylation sites (N-methyl/N-ethyl adjacent to an activating group) is 1. The summed E-state index contributed by atoms with van der Waals surface area (Å²) in [5, 5.41) is 2.66. The van der Waals surface area contributed by atoms with Crippen LogP contribution in [0.4, 0.5) is 0 Å². The first-order valence-electron chi connectivity index (χ1n) is 7.39. The summed E-state index contributed by atoms with van der Waals surface area (Å²) < 4.78 is 0. The van der Waals surface area contributed by atoms with Crippen molar-refractivity contribution in [3.05, 3.63) is 0 Å². The third-order valence-corrected chi connectivity index (χ3v) is 4.55. The average Bonchev–Trinajstić information content (AvgIpc) is 2.95. The standard InChI is InChI=1S/C14H25N3O2/c1-16-13(18)12-6-3-7-17(12)14(19)11-5-2-4-10(8-11)9-15/h10-12H,2-9,15H2,1H3,(H,16,18). The Kier molecular flexibility index (Phi) is 4.80. The maximum atomic E-state index is 12.6. The lowest BCUT2D eigenvalue weighted by Crippen LogP contribution is -2.47. The van der Waals surface area contributed by atoms with Crippen molar-refractivity contribution < 1.29 is 9.59 Å². The lowest BCUT2D eigenvalue weighted by Gasteiger charge is -2.32. The fourth-order valence-electron chi connectivity index (χ4n) is 3.43. The Labute approximate surface area is 114 Å². The zero-order valence-corrected chi connectivity index (χ0v) is 11.7. The van der Waals surface area contributed by atoms with E-state index in [-0.39, 0.29) is 23.8 Å². The summed E-state index contributed by atoms with van der Waals surface area (Å²) in [7, 11) is 1.63. The number of hydrogen-bond acceptors (Lipinski definition) is 3. The molecule has 0 radical (unpaired) electrons. The summed E-state index contributed by atoms with van der Waals surface area (Å²) in [6, 6.07) is -0.254. The lowest BCUT2D eigenvalue weighted by atomic mass is 9.80. The Morgan fingerprint density at radius 3 is 2.74 bits per heavy atom. The minimum Gasteiger partial charge on any atom is -0.357 e. The van der Waals surface area contributed by atoms with Crippen molar-refractivity contribution in [2.24, 2.45) is 17.6 Å². The van der Waals surface area contributed by atoms with Gasteiger partial charge in [0.15, 0.2) is 0 Å². The van der Waals surface area contributed by atoms with E-state index in [2.05, 4.69) is 5.32 Å². The van der Waals surface area contributed by atoms with E-state index >= 15 is 0 Å². The van der Waals surface area contributed by atoms with Crippen LogP contribution in [-0.4, -0.2) is 42.9 Å². The van der Waals surface area contributed by atoms with E-state index in [1.165, 1.54) is 0 Å². The number of likely N-dealkylation sites (tertiary alicyclic amines) is 1. The number of nitrogens with two attached hydrogens (primary N) is 1. The highest BCUT2D eigenvalue weighted by molar-refractivity contribution is 5.89. The molecule has 0 aromatic heterocycles. The predicted octanol–water partition coefficient (Wildman–Crippen LogP) is 0.489. The predicted molar refractivity (Wildman–Crippen MR) is 73.3 cm³/mol. The van der Waals surface area contributed by atoms with Gasteiger partial charge in [0.1, 0.15) is 6.04 Å². The van der Waals surface area contributed by atoms with Crippen molar-refractivity contribution in [1.82, 2.24) is 10.2 Å². The molecule has 1 aliphatic heterocycles. The molecule has 0 aromatic carbocycles. The van der Waals surface area contributed by atoms with Gasteiger partial charge in [0, 0.05) is 19.5 Å². The molecule has 3 atom stereocenters. The molecule has 19 heavy (non-hydrogen) atoms. The van der Waals surface area contributed by atoms with Crippen molar-refractivity contribution in [2.45, 2.75) is 44.6 Å². The Balaban J connectivity index is 2.00. The third kappa shape index (κ3) is 3.08. The first-order valence-corrected chi connectivity index (χ1v) is 7.39. The molecule has 3 unspecified atom stereocenters. The molecule has 0 aromatic rings. The largest absolute Gasteiger partial charge is 0.357 e. The van der Waals surface area contributed by atoms with Crippen LogP contribution >= 0.6 is 0 Å². The molecule has 108 valence electrons. The van der Waals surface area contributed by atoms with E-state index in [0.29, 0.717) is 12.5 Å². The highest BCUT2D eigenvalue weighted by Crippen LogP contribution is 2.31. The van der Waals surface area contributed by atoms with Crippen LogP contribution in [-0.2, 0) is 9.59 Å². The van der Waals surface area contributed by atoms with Gasteiger partial charge >= 0.3 is 0 Å². The number of nitrogens with zero attached hydrogens (tertiary/aromatic N) is 1. The van der Waals surface area contributed by atoms with Crippen molar-refractivity contribution >= 4 is 11.8 Å². The molecule has 0 spiro atoms. The highest BCUT2D eigenvalue weighted by atomic mass is 16.2. The maximum absolute atomic E-state index is 12.6. The van der Waals surface area contributed by atoms with Gasteiger partial charge in [0.2, 0.25) is 11.8 Å². The maximum Gasteiger partial charge on any atom is 0.242 e. The van der Waals surface area contributed by atoms with Gasteiger partial charge in [-0.25, -0.2) is 0 Å². The molecule has 2 rings (SSSR count). The van der Waals surface area contributed by atoms with Crippen molar-refractivity contribution in [2.75, 3.05) is 20.1 Å². The van der Waals surface area contributed by atoms with Crippen molar-refractivity contribution in [1.29, 1.82) is 0 Å². The second-order valence-electron chi connectivity index (χ2n) is 5.77. The Morgan fingerprint density at radius 2 is 2.05 bits per heavy atom. The second kappa shape index (κ2) is 6.37. The Bertz CT molecular complexity index is 346. The number of rotatable bonds is 3. The van der Waals surface area contributed by atoms with E-state index in [1.54, 1.807) is 11.9 Å². The molecule has 1 heterocycles. The van der Waals surface area contributed by atoms with Crippen LogP contribution < -0.4 is 11.1 Å². The molecule has 2 amide bonds. The van der Waals surface area contributed by atoms with Crippen LogP contribution in [0.1, 0.15) is 38.5 Å². The zero-order chi connectivity index (χ0) is 13.8. The molecular formula is C14H25N3O2. The van der Waals surface area contributed by atoms with Crippen LogP contribution in [0.15, 0.2) is 0 Å².